The molecule has 0 saturated heterocycles. The first-order valence-corrected chi connectivity index (χ1v) is 5.11. The van der Waals surface area contributed by atoms with E-state index in [0.29, 0.717) is 0 Å². The molecule has 3 heteroatoms. The molecule has 0 aliphatic rings. The lowest BCUT2D eigenvalue weighted by Crippen LogP contribution is -1.92. The summed E-state index contributed by atoms with van der Waals surface area (Å²) in [5, 5.41) is 3.09. The van der Waals surface area contributed by atoms with E-state index in [0.717, 1.165) is 22.6 Å². The summed E-state index contributed by atoms with van der Waals surface area (Å²) < 4.78 is 5.38. The zero-order valence-electron chi connectivity index (χ0n) is 9.40. The first kappa shape index (κ1) is 10.5. The maximum absolute atomic E-state index is 5.38. The highest BCUT2D eigenvalue weighted by molar-refractivity contribution is 5.73. The first-order chi connectivity index (χ1) is 7.85. The third kappa shape index (κ3) is 1.98. The zero-order chi connectivity index (χ0) is 11.4. The summed E-state index contributed by atoms with van der Waals surface area (Å²) in [4.78, 5) is 4.01. The number of aromatic nitrogens is 1. The average Bonchev–Trinajstić information content (AvgIpc) is 2.39. The summed E-state index contributed by atoms with van der Waals surface area (Å²) >= 11 is 0. The van der Waals surface area contributed by atoms with E-state index in [-0.39, 0.29) is 0 Å². The topological polar surface area (TPSA) is 34.2 Å². The number of pyridine rings is 1. The fourth-order valence-electron chi connectivity index (χ4n) is 1.62. The zero-order valence-corrected chi connectivity index (χ0v) is 9.40. The smallest absolute Gasteiger partial charge is 0.128 e. The number of methoxy groups -OCH3 is 1. The molecule has 0 amide bonds. The van der Waals surface area contributed by atoms with Gasteiger partial charge >= 0.3 is 0 Å². The molecular formula is C13H14N2O. The van der Waals surface area contributed by atoms with Crippen molar-refractivity contribution in [3.8, 4) is 16.9 Å². The Bertz CT molecular complexity index is 469. The molecule has 0 fully saturated rings. The predicted octanol–water partition coefficient (Wildman–Crippen LogP) is 2.80. The van der Waals surface area contributed by atoms with Crippen LogP contribution in [0.4, 0.5) is 5.69 Å². The monoisotopic (exact) mass is 214 g/mol. The molecule has 1 heterocycles. The minimum Gasteiger partial charge on any atom is -0.496 e. The lowest BCUT2D eigenvalue weighted by Gasteiger charge is -2.10. The van der Waals surface area contributed by atoms with Crippen LogP contribution < -0.4 is 10.1 Å². The fraction of sp³-hybridized carbons (Fsp3) is 0.154. The van der Waals surface area contributed by atoms with Crippen LogP contribution in [0.25, 0.3) is 11.1 Å². The molecule has 0 spiro atoms. The Morgan fingerprint density at radius 1 is 1.12 bits per heavy atom. The van der Waals surface area contributed by atoms with Crippen LogP contribution in [-0.4, -0.2) is 19.1 Å². The minimum atomic E-state index is 0.859. The summed E-state index contributed by atoms with van der Waals surface area (Å²) in [5.41, 5.74) is 3.22. The van der Waals surface area contributed by atoms with Crippen molar-refractivity contribution in [2.24, 2.45) is 0 Å². The van der Waals surface area contributed by atoms with Crippen LogP contribution in [0.5, 0.6) is 5.75 Å². The van der Waals surface area contributed by atoms with Crippen LogP contribution in [0.15, 0.2) is 42.7 Å². The molecule has 82 valence electrons. The van der Waals surface area contributed by atoms with Crippen molar-refractivity contribution in [3.63, 3.8) is 0 Å². The van der Waals surface area contributed by atoms with Gasteiger partial charge < -0.3 is 10.1 Å². The lowest BCUT2D eigenvalue weighted by atomic mass is 10.1. The third-order valence-corrected chi connectivity index (χ3v) is 2.48. The van der Waals surface area contributed by atoms with Crippen LogP contribution in [0.3, 0.4) is 0 Å². The number of hydrogen-bond acceptors (Lipinski definition) is 3. The number of nitrogens with one attached hydrogen (secondary N) is 1. The van der Waals surface area contributed by atoms with Gasteiger partial charge in [0.2, 0.25) is 0 Å². The standard InChI is InChI=1S/C13H14N2O/c1-14-11-3-4-12(13(9-11)16-2)10-5-7-15-8-6-10/h3-9,14H,1-2H3. The second-order valence-electron chi connectivity index (χ2n) is 3.40. The molecule has 1 N–H and O–H groups in total. The summed E-state index contributed by atoms with van der Waals surface area (Å²) in [6.45, 7) is 0. The van der Waals surface area contributed by atoms with Crippen molar-refractivity contribution < 1.29 is 4.74 Å². The summed E-state index contributed by atoms with van der Waals surface area (Å²) in [6, 6.07) is 9.99. The first-order valence-electron chi connectivity index (χ1n) is 5.11. The van der Waals surface area contributed by atoms with Crippen molar-refractivity contribution in [2.45, 2.75) is 0 Å². The number of ether oxygens (including phenoxy) is 1. The molecule has 0 aliphatic heterocycles. The number of benzene rings is 1. The molecule has 2 aromatic rings. The number of hydrogen-bond donors (Lipinski definition) is 1. The number of anilines is 1. The largest absolute Gasteiger partial charge is 0.496 e. The lowest BCUT2D eigenvalue weighted by molar-refractivity contribution is 0.416. The molecular weight excluding hydrogens is 200 g/mol. The quantitative estimate of drug-likeness (QED) is 0.853. The van der Waals surface area contributed by atoms with E-state index in [1.54, 1.807) is 19.5 Å². The highest BCUT2D eigenvalue weighted by Gasteiger charge is 2.05. The van der Waals surface area contributed by atoms with Crippen molar-refractivity contribution >= 4 is 5.69 Å². The third-order valence-electron chi connectivity index (χ3n) is 2.48. The van der Waals surface area contributed by atoms with Crippen LogP contribution in [0, 0.1) is 0 Å². The molecule has 2 rings (SSSR count). The second-order valence-corrected chi connectivity index (χ2v) is 3.40. The summed E-state index contributed by atoms with van der Waals surface area (Å²) in [7, 11) is 3.57. The van der Waals surface area contributed by atoms with Crippen LogP contribution in [0.2, 0.25) is 0 Å². The maximum atomic E-state index is 5.38. The van der Waals surface area contributed by atoms with Crippen LogP contribution >= 0.6 is 0 Å². The molecule has 1 aromatic heterocycles. The van der Waals surface area contributed by atoms with Gasteiger partial charge in [-0.1, -0.05) is 0 Å². The van der Waals surface area contributed by atoms with Crippen LogP contribution in [-0.2, 0) is 0 Å². The van der Waals surface area contributed by atoms with Gasteiger partial charge in [0.15, 0.2) is 0 Å². The van der Waals surface area contributed by atoms with E-state index in [2.05, 4.69) is 10.3 Å². The second kappa shape index (κ2) is 4.66. The van der Waals surface area contributed by atoms with Crippen LogP contribution in [0.1, 0.15) is 0 Å². The molecule has 1 aromatic carbocycles. The SMILES string of the molecule is CNc1ccc(-c2ccncc2)c(OC)c1. The normalized spacial score (nSPS) is 9.88. The Morgan fingerprint density at radius 2 is 1.88 bits per heavy atom. The molecule has 0 unspecified atom stereocenters. The number of nitrogens with zero attached hydrogens (tertiary/aromatic N) is 1. The molecule has 0 atom stereocenters. The average molecular weight is 214 g/mol. The number of rotatable bonds is 3. The van der Waals surface area contributed by atoms with Gasteiger partial charge in [0.25, 0.3) is 0 Å². The van der Waals surface area contributed by atoms with Gasteiger partial charge in [-0.2, -0.15) is 0 Å². The highest BCUT2D eigenvalue weighted by atomic mass is 16.5. The molecule has 0 bridgehead atoms. The fourth-order valence-corrected chi connectivity index (χ4v) is 1.62. The molecule has 0 saturated carbocycles. The summed E-state index contributed by atoms with van der Waals surface area (Å²) in [5.74, 6) is 0.859. The van der Waals surface area contributed by atoms with Crippen molar-refractivity contribution in [1.82, 2.24) is 4.98 Å². The molecule has 16 heavy (non-hydrogen) atoms. The van der Waals surface area contributed by atoms with E-state index in [1.165, 1.54) is 0 Å². The molecule has 0 radical (unpaired) electrons. The molecule has 0 aliphatic carbocycles. The molecule has 3 nitrogen and oxygen atoms in total. The van der Waals surface area contributed by atoms with E-state index in [9.17, 15) is 0 Å². The van der Waals surface area contributed by atoms with E-state index >= 15 is 0 Å². The van der Waals surface area contributed by atoms with Gasteiger partial charge in [0, 0.05) is 36.8 Å². The van der Waals surface area contributed by atoms with E-state index in [1.807, 2.05) is 37.4 Å². The van der Waals surface area contributed by atoms with Gasteiger partial charge in [-0.3, -0.25) is 4.98 Å². The summed E-state index contributed by atoms with van der Waals surface area (Å²) in [6.07, 6.45) is 3.56. The van der Waals surface area contributed by atoms with Gasteiger partial charge in [0.1, 0.15) is 5.75 Å². The Hall–Kier alpha value is -2.03. The van der Waals surface area contributed by atoms with Crippen molar-refractivity contribution in [1.29, 1.82) is 0 Å². The van der Waals surface area contributed by atoms with Gasteiger partial charge in [-0.05, 0) is 29.8 Å². The Balaban J connectivity index is 2.49. The Morgan fingerprint density at radius 3 is 2.50 bits per heavy atom. The van der Waals surface area contributed by atoms with E-state index < -0.39 is 0 Å². The van der Waals surface area contributed by atoms with Crippen molar-refractivity contribution in [3.05, 3.63) is 42.7 Å². The van der Waals surface area contributed by atoms with Crippen molar-refractivity contribution in [2.75, 3.05) is 19.5 Å². The predicted molar refractivity (Wildman–Crippen MR) is 65.8 cm³/mol. The van der Waals surface area contributed by atoms with E-state index in [4.69, 9.17) is 4.74 Å². The Kier molecular flexibility index (Phi) is 3.05. The highest BCUT2D eigenvalue weighted by Crippen LogP contribution is 2.31. The minimum absolute atomic E-state index is 0.859. The van der Waals surface area contributed by atoms with Gasteiger partial charge in [-0.25, -0.2) is 0 Å². The Labute approximate surface area is 95.1 Å². The van der Waals surface area contributed by atoms with Gasteiger partial charge in [-0.15, -0.1) is 0 Å². The maximum Gasteiger partial charge on any atom is 0.128 e. The van der Waals surface area contributed by atoms with Gasteiger partial charge in [0.05, 0.1) is 7.11 Å².